The number of ether oxygens (including phenoxy) is 1. The second-order valence-electron chi connectivity index (χ2n) is 4.86. The molecule has 8 heteroatoms. The number of para-hydroxylation sites is 1. The van der Waals surface area contributed by atoms with Crippen molar-refractivity contribution in [1.29, 1.82) is 0 Å². The van der Waals surface area contributed by atoms with Gasteiger partial charge in [-0.2, -0.15) is 0 Å². The van der Waals surface area contributed by atoms with Crippen LogP contribution in [0.25, 0.3) is 0 Å². The van der Waals surface area contributed by atoms with Crippen LogP contribution in [0, 0.1) is 17.0 Å². The molecule has 0 bridgehead atoms. The lowest BCUT2D eigenvalue weighted by Crippen LogP contribution is -2.21. The largest absolute Gasteiger partial charge is 0.452 e. The van der Waals surface area contributed by atoms with E-state index in [9.17, 15) is 19.7 Å². The van der Waals surface area contributed by atoms with Crippen LogP contribution in [0.5, 0.6) is 0 Å². The summed E-state index contributed by atoms with van der Waals surface area (Å²) < 4.78 is 5.14. The maximum absolute atomic E-state index is 11.9. The second-order valence-corrected chi connectivity index (χ2v) is 5.72. The van der Waals surface area contributed by atoms with Crippen molar-refractivity contribution < 1.29 is 19.2 Å². The highest BCUT2D eigenvalue weighted by atomic mass is 79.9. The van der Waals surface area contributed by atoms with Crippen molar-refractivity contribution in [3.63, 3.8) is 0 Å². The first-order chi connectivity index (χ1) is 11.4. The van der Waals surface area contributed by atoms with Crippen molar-refractivity contribution in [2.24, 2.45) is 0 Å². The van der Waals surface area contributed by atoms with Crippen LogP contribution in [0.1, 0.15) is 15.9 Å². The summed E-state index contributed by atoms with van der Waals surface area (Å²) in [5.41, 5.74) is 1.24. The number of hydrogen-bond donors (Lipinski definition) is 1. The number of nitrogens with one attached hydrogen (secondary N) is 1. The molecule has 2 aromatic rings. The molecule has 7 nitrogen and oxygen atoms in total. The molecule has 0 spiro atoms. The second kappa shape index (κ2) is 7.69. The van der Waals surface area contributed by atoms with E-state index in [4.69, 9.17) is 4.74 Å². The first-order valence-electron chi connectivity index (χ1n) is 6.85. The summed E-state index contributed by atoms with van der Waals surface area (Å²) in [5.74, 6) is -1.31. The number of nitrogens with zero attached hydrogens (tertiary/aromatic N) is 1. The summed E-state index contributed by atoms with van der Waals surface area (Å²) in [6.07, 6.45) is 0. The molecule has 0 radical (unpaired) electrons. The van der Waals surface area contributed by atoms with Gasteiger partial charge in [0.2, 0.25) is 0 Å². The molecule has 1 amide bonds. The predicted octanol–water partition coefficient (Wildman–Crippen LogP) is 3.46. The number of rotatable bonds is 5. The molecule has 0 saturated carbocycles. The Labute approximate surface area is 145 Å². The molecule has 0 unspecified atom stereocenters. The molecule has 0 atom stereocenters. The average Bonchev–Trinajstić information content (AvgIpc) is 2.55. The highest BCUT2D eigenvalue weighted by Gasteiger charge is 2.17. The molecule has 0 aliphatic heterocycles. The van der Waals surface area contributed by atoms with Crippen molar-refractivity contribution in [2.45, 2.75) is 6.92 Å². The molecule has 0 heterocycles. The highest BCUT2D eigenvalue weighted by Crippen LogP contribution is 2.25. The number of aryl methyl sites for hydroxylation is 1. The van der Waals surface area contributed by atoms with Crippen LogP contribution in [0.15, 0.2) is 46.9 Å². The Balaban J connectivity index is 1.98. The fourth-order valence-corrected chi connectivity index (χ4v) is 2.28. The van der Waals surface area contributed by atoms with Crippen molar-refractivity contribution in [2.75, 3.05) is 11.9 Å². The van der Waals surface area contributed by atoms with E-state index < -0.39 is 23.4 Å². The first kappa shape index (κ1) is 17.6. The number of benzene rings is 2. The number of nitro groups is 1. The summed E-state index contributed by atoms with van der Waals surface area (Å²) in [4.78, 5) is 34.0. The Hall–Kier alpha value is -2.74. The van der Waals surface area contributed by atoms with Crippen LogP contribution in [-0.4, -0.2) is 23.4 Å². The molecule has 24 heavy (non-hydrogen) atoms. The zero-order valence-electron chi connectivity index (χ0n) is 12.6. The van der Waals surface area contributed by atoms with Gasteiger partial charge in [0.15, 0.2) is 6.61 Å². The first-order valence-corrected chi connectivity index (χ1v) is 7.64. The summed E-state index contributed by atoms with van der Waals surface area (Å²) in [6.45, 7) is 1.35. The monoisotopic (exact) mass is 392 g/mol. The number of carbonyl (C=O) groups excluding carboxylic acids is 2. The number of hydrogen-bond acceptors (Lipinski definition) is 5. The molecule has 2 aromatic carbocycles. The van der Waals surface area contributed by atoms with Crippen LogP contribution in [0.3, 0.4) is 0 Å². The molecule has 0 fully saturated rings. The SMILES string of the molecule is Cc1ccccc1NC(=O)COC(=O)c1ccc(Br)c([N+](=O)[O-])c1. The minimum Gasteiger partial charge on any atom is -0.452 e. The number of halogens is 1. The van der Waals surface area contributed by atoms with Crippen LogP contribution < -0.4 is 5.32 Å². The van der Waals surface area contributed by atoms with E-state index in [2.05, 4.69) is 21.2 Å². The van der Waals surface area contributed by atoms with Gasteiger partial charge in [-0.15, -0.1) is 0 Å². The summed E-state index contributed by atoms with van der Waals surface area (Å²) in [6, 6.07) is 11.0. The lowest BCUT2D eigenvalue weighted by atomic mass is 10.2. The average molecular weight is 393 g/mol. The Morgan fingerprint density at radius 2 is 1.96 bits per heavy atom. The molecular weight excluding hydrogens is 380 g/mol. The van der Waals surface area contributed by atoms with Crippen LogP contribution in [0.2, 0.25) is 0 Å². The van der Waals surface area contributed by atoms with E-state index in [1.807, 2.05) is 19.1 Å². The van der Waals surface area contributed by atoms with Crippen molar-refractivity contribution in [3.05, 3.63) is 68.2 Å². The molecule has 0 saturated heterocycles. The smallest absolute Gasteiger partial charge is 0.338 e. The van der Waals surface area contributed by atoms with Crippen molar-refractivity contribution in [3.8, 4) is 0 Å². The van der Waals surface area contributed by atoms with E-state index in [1.54, 1.807) is 12.1 Å². The van der Waals surface area contributed by atoms with Gasteiger partial charge in [0.25, 0.3) is 11.6 Å². The number of carbonyl (C=O) groups is 2. The topological polar surface area (TPSA) is 98.5 Å². The van der Waals surface area contributed by atoms with E-state index in [1.165, 1.54) is 12.1 Å². The molecular formula is C16H13BrN2O5. The van der Waals surface area contributed by atoms with E-state index in [0.29, 0.717) is 5.69 Å². The lowest BCUT2D eigenvalue weighted by Gasteiger charge is -2.08. The Morgan fingerprint density at radius 3 is 2.62 bits per heavy atom. The van der Waals surface area contributed by atoms with E-state index in [0.717, 1.165) is 11.6 Å². The van der Waals surface area contributed by atoms with E-state index >= 15 is 0 Å². The van der Waals surface area contributed by atoms with Gasteiger partial charge in [0.1, 0.15) is 0 Å². The quantitative estimate of drug-likeness (QED) is 0.477. The van der Waals surface area contributed by atoms with E-state index in [-0.39, 0.29) is 15.7 Å². The summed E-state index contributed by atoms with van der Waals surface area (Å²) in [7, 11) is 0. The van der Waals surface area contributed by atoms with Crippen molar-refractivity contribution in [1.82, 2.24) is 0 Å². The van der Waals surface area contributed by atoms with Gasteiger partial charge in [-0.3, -0.25) is 14.9 Å². The molecule has 124 valence electrons. The fraction of sp³-hybridized carbons (Fsp3) is 0.125. The fourth-order valence-electron chi connectivity index (χ4n) is 1.89. The third-order valence-electron chi connectivity index (χ3n) is 3.13. The minimum absolute atomic E-state index is 0.00593. The number of amides is 1. The Morgan fingerprint density at radius 1 is 1.25 bits per heavy atom. The minimum atomic E-state index is -0.814. The Kier molecular flexibility index (Phi) is 5.64. The Bertz CT molecular complexity index is 807. The number of anilines is 1. The van der Waals surface area contributed by atoms with Gasteiger partial charge >= 0.3 is 5.97 Å². The third-order valence-corrected chi connectivity index (χ3v) is 3.80. The number of nitro benzene ring substituents is 1. The molecule has 2 rings (SSSR count). The standard InChI is InChI=1S/C16H13BrN2O5/c1-10-4-2-3-5-13(10)18-15(20)9-24-16(21)11-6-7-12(17)14(8-11)19(22)23/h2-8H,9H2,1H3,(H,18,20). The highest BCUT2D eigenvalue weighted by molar-refractivity contribution is 9.10. The zero-order chi connectivity index (χ0) is 17.7. The van der Waals surface area contributed by atoms with Crippen LogP contribution in [-0.2, 0) is 9.53 Å². The molecule has 1 N–H and O–H groups in total. The van der Waals surface area contributed by atoms with Gasteiger partial charge in [0.05, 0.1) is 15.0 Å². The van der Waals surface area contributed by atoms with Gasteiger partial charge in [-0.05, 0) is 46.6 Å². The summed E-state index contributed by atoms with van der Waals surface area (Å²) in [5, 5.41) is 13.5. The summed E-state index contributed by atoms with van der Waals surface area (Å²) >= 11 is 3.03. The molecule has 0 aliphatic carbocycles. The predicted molar refractivity (Wildman–Crippen MR) is 90.9 cm³/mol. The van der Waals surface area contributed by atoms with Crippen LogP contribution >= 0.6 is 15.9 Å². The van der Waals surface area contributed by atoms with Gasteiger partial charge in [0, 0.05) is 11.8 Å². The molecule has 0 aromatic heterocycles. The molecule has 0 aliphatic rings. The van der Waals surface area contributed by atoms with Gasteiger partial charge in [-0.1, -0.05) is 18.2 Å². The zero-order valence-corrected chi connectivity index (χ0v) is 14.2. The maximum Gasteiger partial charge on any atom is 0.338 e. The number of esters is 1. The van der Waals surface area contributed by atoms with Crippen molar-refractivity contribution >= 4 is 39.2 Å². The van der Waals surface area contributed by atoms with Gasteiger partial charge < -0.3 is 10.1 Å². The normalized spacial score (nSPS) is 10.1. The van der Waals surface area contributed by atoms with Crippen LogP contribution in [0.4, 0.5) is 11.4 Å². The third kappa shape index (κ3) is 4.39. The lowest BCUT2D eigenvalue weighted by molar-refractivity contribution is -0.385. The van der Waals surface area contributed by atoms with Gasteiger partial charge in [-0.25, -0.2) is 4.79 Å². The maximum atomic E-state index is 11.9.